The highest BCUT2D eigenvalue weighted by atomic mass is 32.1. The lowest BCUT2D eigenvalue weighted by atomic mass is 10.1. The predicted molar refractivity (Wildman–Crippen MR) is 165 cm³/mol. The van der Waals surface area contributed by atoms with Crippen molar-refractivity contribution in [2.45, 2.75) is 19.6 Å². The first-order chi connectivity index (χ1) is 20.2. The molecule has 1 saturated heterocycles. The van der Waals surface area contributed by atoms with Crippen LogP contribution in [0.15, 0.2) is 90.0 Å². The van der Waals surface area contributed by atoms with Crippen LogP contribution < -0.4 is 10.2 Å². The van der Waals surface area contributed by atoms with Gasteiger partial charge in [-0.3, -0.25) is 4.79 Å². The number of nitrogens with zero attached hydrogens (tertiary/aromatic N) is 5. The second-order valence-electron chi connectivity index (χ2n) is 10.0. The number of anilines is 1. The summed E-state index contributed by atoms with van der Waals surface area (Å²) in [6, 6.07) is 24.7. The number of amides is 1. The van der Waals surface area contributed by atoms with Gasteiger partial charge in [-0.2, -0.15) is 5.26 Å². The van der Waals surface area contributed by atoms with Crippen molar-refractivity contribution in [2.75, 3.05) is 31.1 Å². The van der Waals surface area contributed by atoms with Gasteiger partial charge < -0.3 is 19.7 Å². The monoisotopic (exact) mass is 578 g/mol. The van der Waals surface area contributed by atoms with Crippen LogP contribution in [0.4, 0.5) is 5.69 Å². The van der Waals surface area contributed by atoms with E-state index >= 15 is 0 Å². The minimum Gasteiger partial charge on any atom is -0.368 e. The number of thiophene rings is 2. The Morgan fingerprint density at radius 1 is 0.927 bits per heavy atom. The summed E-state index contributed by atoms with van der Waals surface area (Å²) < 4.78 is 2.14. The first-order valence-electron chi connectivity index (χ1n) is 13.6. The summed E-state index contributed by atoms with van der Waals surface area (Å²) in [6.07, 6.45) is 3.76. The number of aromatic nitrogens is 2. The summed E-state index contributed by atoms with van der Waals surface area (Å²) in [6.45, 7) is 5.36. The Balaban J connectivity index is 1.03. The maximum absolute atomic E-state index is 12.7. The summed E-state index contributed by atoms with van der Waals surface area (Å²) in [7, 11) is 0. The molecule has 5 aromatic rings. The summed E-state index contributed by atoms with van der Waals surface area (Å²) in [5, 5.41) is 16.7. The van der Waals surface area contributed by atoms with Crippen molar-refractivity contribution < 1.29 is 4.79 Å². The number of imidazole rings is 1. The molecule has 1 aliphatic heterocycles. The van der Waals surface area contributed by atoms with Gasteiger partial charge in [0.2, 0.25) is 0 Å². The van der Waals surface area contributed by atoms with Crippen LogP contribution in [-0.2, 0) is 19.6 Å². The zero-order chi connectivity index (χ0) is 28.0. The highest BCUT2D eigenvalue weighted by Crippen LogP contribution is 2.31. The van der Waals surface area contributed by atoms with Crippen LogP contribution in [0, 0.1) is 11.3 Å². The number of benzene rings is 2. The van der Waals surface area contributed by atoms with Crippen LogP contribution in [0.3, 0.4) is 0 Å². The first kappa shape index (κ1) is 27.0. The number of carbonyl (C=O) groups excluding carboxylic acids is 1. The molecule has 206 valence electrons. The molecule has 6 rings (SSSR count). The Hall–Kier alpha value is -4.23. The Morgan fingerprint density at radius 3 is 2.46 bits per heavy atom. The second kappa shape index (κ2) is 12.5. The van der Waals surface area contributed by atoms with Gasteiger partial charge in [0.1, 0.15) is 0 Å². The molecule has 4 heterocycles. The van der Waals surface area contributed by atoms with Crippen LogP contribution in [0.5, 0.6) is 0 Å². The smallest absolute Gasteiger partial charge is 0.264 e. The van der Waals surface area contributed by atoms with Gasteiger partial charge in [-0.05, 0) is 63.8 Å². The van der Waals surface area contributed by atoms with E-state index in [2.05, 4.69) is 61.5 Å². The van der Waals surface area contributed by atoms with Gasteiger partial charge >= 0.3 is 0 Å². The highest BCUT2D eigenvalue weighted by molar-refractivity contribution is 7.13. The standard InChI is InChI=1S/C32H30N6OS2/c33-18-24-3-5-25(6-4-24)22-38-23-35-21-29(38)20-34-19-27-11-17-41-31(27)26-7-9-28(10-8-26)36-12-14-37(15-13-36)32(39)30-2-1-16-40-30/h1-11,16-17,21,23,34H,12-15,19-20,22H2. The number of hydrogen-bond donors (Lipinski definition) is 1. The van der Waals surface area contributed by atoms with Crippen molar-refractivity contribution in [1.82, 2.24) is 19.8 Å². The predicted octanol–water partition coefficient (Wildman–Crippen LogP) is 5.85. The lowest BCUT2D eigenvalue weighted by Crippen LogP contribution is -2.48. The lowest BCUT2D eigenvalue weighted by Gasteiger charge is -2.36. The number of rotatable bonds is 9. The van der Waals surface area contributed by atoms with Crippen molar-refractivity contribution in [3.8, 4) is 16.5 Å². The maximum Gasteiger partial charge on any atom is 0.264 e. The van der Waals surface area contributed by atoms with Gasteiger partial charge in [0.25, 0.3) is 5.91 Å². The summed E-state index contributed by atoms with van der Waals surface area (Å²) in [5.41, 5.74) is 6.62. The molecule has 1 N–H and O–H groups in total. The summed E-state index contributed by atoms with van der Waals surface area (Å²) >= 11 is 3.27. The SMILES string of the molecule is N#Cc1ccc(Cn2cncc2CNCc2ccsc2-c2ccc(N3CCN(C(=O)c4cccs4)CC3)cc2)cc1. The van der Waals surface area contributed by atoms with Gasteiger partial charge in [-0.1, -0.05) is 30.3 Å². The highest BCUT2D eigenvalue weighted by Gasteiger charge is 2.23. The Kier molecular flexibility index (Phi) is 8.23. The number of nitrogens with one attached hydrogen (secondary N) is 1. The molecule has 0 aliphatic carbocycles. The van der Waals surface area contributed by atoms with E-state index in [-0.39, 0.29) is 5.91 Å². The van der Waals surface area contributed by atoms with Crippen LogP contribution in [0.25, 0.3) is 10.4 Å². The van der Waals surface area contributed by atoms with E-state index in [1.807, 2.05) is 59.2 Å². The molecule has 0 radical (unpaired) electrons. The van der Waals surface area contributed by atoms with Crippen LogP contribution >= 0.6 is 22.7 Å². The molecule has 0 bridgehead atoms. The van der Waals surface area contributed by atoms with E-state index in [1.54, 1.807) is 11.3 Å². The van der Waals surface area contributed by atoms with Crippen molar-refractivity contribution >= 4 is 34.3 Å². The molecule has 9 heteroatoms. The number of hydrogen-bond acceptors (Lipinski definition) is 7. The number of carbonyl (C=O) groups is 1. The van der Waals surface area contributed by atoms with Crippen molar-refractivity contribution in [3.05, 3.63) is 117 Å². The maximum atomic E-state index is 12.7. The molecule has 0 unspecified atom stereocenters. The second-order valence-corrected chi connectivity index (χ2v) is 11.9. The molecule has 0 spiro atoms. The minimum absolute atomic E-state index is 0.143. The number of nitriles is 1. The molecule has 0 saturated carbocycles. The van der Waals surface area contributed by atoms with E-state index in [1.165, 1.54) is 33.0 Å². The van der Waals surface area contributed by atoms with Gasteiger partial charge in [-0.15, -0.1) is 22.7 Å². The fourth-order valence-corrected chi connectivity index (χ4v) is 6.74. The zero-order valence-electron chi connectivity index (χ0n) is 22.6. The van der Waals surface area contributed by atoms with Crippen LogP contribution in [0.2, 0.25) is 0 Å². The normalized spacial score (nSPS) is 13.3. The Morgan fingerprint density at radius 2 is 1.73 bits per heavy atom. The van der Waals surface area contributed by atoms with Crippen LogP contribution in [0.1, 0.15) is 32.1 Å². The molecule has 7 nitrogen and oxygen atoms in total. The molecule has 1 aliphatic rings. The van der Waals surface area contributed by atoms with E-state index in [9.17, 15) is 4.79 Å². The Bertz CT molecular complexity index is 1620. The zero-order valence-corrected chi connectivity index (χ0v) is 24.2. The van der Waals surface area contributed by atoms with E-state index in [4.69, 9.17) is 5.26 Å². The molecule has 1 amide bonds. The van der Waals surface area contributed by atoms with Crippen LogP contribution in [-0.4, -0.2) is 46.5 Å². The van der Waals surface area contributed by atoms with E-state index in [0.29, 0.717) is 12.1 Å². The summed E-state index contributed by atoms with van der Waals surface area (Å²) in [4.78, 5) is 23.4. The fraction of sp³-hybridized carbons (Fsp3) is 0.219. The molecule has 41 heavy (non-hydrogen) atoms. The quantitative estimate of drug-likeness (QED) is 0.238. The third-order valence-electron chi connectivity index (χ3n) is 7.40. The van der Waals surface area contributed by atoms with E-state index < -0.39 is 0 Å². The van der Waals surface area contributed by atoms with Crippen molar-refractivity contribution in [3.63, 3.8) is 0 Å². The van der Waals surface area contributed by atoms with Crippen molar-refractivity contribution in [2.24, 2.45) is 0 Å². The van der Waals surface area contributed by atoms with Gasteiger partial charge in [0.15, 0.2) is 0 Å². The average Bonchev–Trinajstić information content (AvgIpc) is 3.81. The third-order valence-corrected chi connectivity index (χ3v) is 9.26. The van der Waals surface area contributed by atoms with Crippen molar-refractivity contribution in [1.29, 1.82) is 5.26 Å². The lowest BCUT2D eigenvalue weighted by molar-refractivity contribution is 0.0751. The largest absolute Gasteiger partial charge is 0.368 e. The summed E-state index contributed by atoms with van der Waals surface area (Å²) in [5.74, 6) is 0.143. The topological polar surface area (TPSA) is 77.2 Å². The third kappa shape index (κ3) is 6.25. The van der Waals surface area contributed by atoms with E-state index in [0.717, 1.165) is 55.4 Å². The first-order valence-corrected chi connectivity index (χ1v) is 15.4. The molecular weight excluding hydrogens is 549 g/mol. The molecule has 0 atom stereocenters. The molecular formula is C32H30N6OS2. The Labute approximate surface area is 247 Å². The molecule has 2 aromatic carbocycles. The number of piperazine rings is 1. The fourth-order valence-electron chi connectivity index (χ4n) is 5.12. The van der Waals surface area contributed by atoms with Gasteiger partial charge in [-0.25, -0.2) is 4.98 Å². The molecule has 1 fully saturated rings. The average molecular weight is 579 g/mol. The molecule has 3 aromatic heterocycles. The van der Waals surface area contributed by atoms with Gasteiger partial charge in [0.05, 0.1) is 28.5 Å². The minimum atomic E-state index is 0.143. The van der Waals surface area contributed by atoms with Gasteiger partial charge in [0, 0.05) is 62.6 Å².